The molecule has 0 radical (unpaired) electrons. The lowest BCUT2D eigenvalue weighted by atomic mass is 10.0. The number of aromatic nitrogens is 5. The van der Waals surface area contributed by atoms with E-state index in [1.807, 2.05) is 22.7 Å². The summed E-state index contributed by atoms with van der Waals surface area (Å²) < 4.78 is 7.51. The average Bonchev–Trinajstić information content (AvgIpc) is 3.28. The molecule has 0 saturated carbocycles. The minimum atomic E-state index is 0.131. The molecule has 142 valence electrons. The summed E-state index contributed by atoms with van der Waals surface area (Å²) in [7, 11) is 0. The van der Waals surface area contributed by atoms with E-state index in [4.69, 9.17) is 4.42 Å². The Labute approximate surface area is 156 Å². The fraction of sp³-hybridized carbons (Fsp3) is 0.500. The predicted molar refractivity (Wildman–Crippen MR) is 100 cm³/mol. The number of nitrogens with one attached hydrogen (secondary N) is 1. The number of amides is 1. The molecule has 4 heterocycles. The minimum absolute atomic E-state index is 0.131. The van der Waals surface area contributed by atoms with Crippen LogP contribution in [-0.4, -0.2) is 54.9 Å². The van der Waals surface area contributed by atoms with Gasteiger partial charge in [0.1, 0.15) is 0 Å². The van der Waals surface area contributed by atoms with Crippen LogP contribution in [-0.2, 0) is 11.3 Å². The summed E-state index contributed by atoms with van der Waals surface area (Å²) in [5, 5.41) is 17.1. The van der Waals surface area contributed by atoms with Crippen molar-refractivity contribution in [3.63, 3.8) is 0 Å². The first-order valence-electron chi connectivity index (χ1n) is 9.24. The smallest absolute Gasteiger partial charge is 0.251 e. The summed E-state index contributed by atoms with van der Waals surface area (Å²) in [5.74, 6) is 1.08. The number of rotatable bonds is 4. The molecule has 0 bridgehead atoms. The van der Waals surface area contributed by atoms with Crippen molar-refractivity contribution < 1.29 is 9.21 Å². The van der Waals surface area contributed by atoms with Crippen molar-refractivity contribution in [3.8, 4) is 11.5 Å². The molecule has 9 heteroatoms. The molecule has 0 aromatic carbocycles. The molecule has 1 saturated heterocycles. The van der Waals surface area contributed by atoms with Gasteiger partial charge in [0.2, 0.25) is 11.8 Å². The fourth-order valence-electron chi connectivity index (χ4n) is 3.52. The standard InChI is InChI=1S/C18H23N7O2/c1-4-25-17-14(10-20-25)16(15(9-19-17)18-23-22-11(2)27-18)21-13-5-7-24(8-6-13)12(3)26/h9-10,13H,4-8H2,1-3H3,(H,19,21). The van der Waals surface area contributed by atoms with Gasteiger partial charge in [-0.15, -0.1) is 10.2 Å². The molecule has 0 aliphatic carbocycles. The monoisotopic (exact) mass is 369 g/mol. The first-order chi connectivity index (χ1) is 13.1. The van der Waals surface area contributed by atoms with Gasteiger partial charge >= 0.3 is 0 Å². The van der Waals surface area contributed by atoms with E-state index in [-0.39, 0.29) is 11.9 Å². The van der Waals surface area contributed by atoms with Gasteiger partial charge in [-0.2, -0.15) is 5.10 Å². The lowest BCUT2D eigenvalue weighted by Crippen LogP contribution is -2.41. The Hall–Kier alpha value is -2.97. The quantitative estimate of drug-likeness (QED) is 0.752. The molecule has 3 aromatic rings. The van der Waals surface area contributed by atoms with E-state index < -0.39 is 0 Å². The molecular formula is C18H23N7O2. The van der Waals surface area contributed by atoms with Crippen LogP contribution in [0.15, 0.2) is 16.8 Å². The third-order valence-corrected chi connectivity index (χ3v) is 5.01. The maximum Gasteiger partial charge on any atom is 0.251 e. The van der Waals surface area contributed by atoms with E-state index in [9.17, 15) is 4.79 Å². The highest BCUT2D eigenvalue weighted by molar-refractivity contribution is 5.96. The molecule has 0 atom stereocenters. The number of fused-ring (bicyclic) bond motifs is 1. The zero-order valence-electron chi connectivity index (χ0n) is 15.8. The van der Waals surface area contributed by atoms with Gasteiger partial charge in [0, 0.05) is 45.7 Å². The van der Waals surface area contributed by atoms with Crippen molar-refractivity contribution in [2.45, 2.75) is 46.2 Å². The normalized spacial score (nSPS) is 15.4. The number of nitrogens with zero attached hydrogens (tertiary/aromatic N) is 6. The van der Waals surface area contributed by atoms with Crippen LogP contribution in [0.2, 0.25) is 0 Å². The summed E-state index contributed by atoms with van der Waals surface area (Å²) in [6.07, 6.45) is 5.35. The topological polar surface area (TPSA) is 102 Å². The van der Waals surface area contributed by atoms with Gasteiger partial charge in [0.15, 0.2) is 5.65 Å². The molecule has 9 nitrogen and oxygen atoms in total. The molecule has 1 aliphatic rings. The van der Waals surface area contributed by atoms with Crippen LogP contribution in [0.1, 0.15) is 32.6 Å². The van der Waals surface area contributed by atoms with Crippen molar-refractivity contribution in [1.82, 2.24) is 29.9 Å². The third kappa shape index (κ3) is 3.24. The van der Waals surface area contributed by atoms with Gasteiger partial charge in [0.05, 0.1) is 22.8 Å². The number of hydrogen-bond donors (Lipinski definition) is 1. The third-order valence-electron chi connectivity index (χ3n) is 5.01. The van der Waals surface area contributed by atoms with E-state index >= 15 is 0 Å². The van der Waals surface area contributed by atoms with Crippen LogP contribution in [0.3, 0.4) is 0 Å². The van der Waals surface area contributed by atoms with Crippen LogP contribution < -0.4 is 5.32 Å². The maximum atomic E-state index is 11.6. The van der Waals surface area contributed by atoms with Crippen LogP contribution in [0, 0.1) is 6.92 Å². The van der Waals surface area contributed by atoms with Crippen molar-refractivity contribution in [2.75, 3.05) is 18.4 Å². The zero-order valence-corrected chi connectivity index (χ0v) is 15.8. The molecule has 0 spiro atoms. The molecule has 0 unspecified atom stereocenters. The zero-order chi connectivity index (χ0) is 19.0. The fourth-order valence-corrected chi connectivity index (χ4v) is 3.52. The minimum Gasteiger partial charge on any atom is -0.421 e. The molecule has 1 amide bonds. The maximum absolute atomic E-state index is 11.6. The Kier molecular flexibility index (Phi) is 4.51. The van der Waals surface area contributed by atoms with Gasteiger partial charge in [0.25, 0.3) is 5.89 Å². The largest absolute Gasteiger partial charge is 0.421 e. The van der Waals surface area contributed by atoms with Gasteiger partial charge in [-0.05, 0) is 19.8 Å². The van der Waals surface area contributed by atoms with Gasteiger partial charge in [-0.1, -0.05) is 0 Å². The van der Waals surface area contributed by atoms with E-state index in [2.05, 4.69) is 25.6 Å². The van der Waals surface area contributed by atoms with Crippen molar-refractivity contribution in [1.29, 1.82) is 0 Å². The first-order valence-corrected chi connectivity index (χ1v) is 9.24. The Morgan fingerprint density at radius 2 is 2.07 bits per heavy atom. The van der Waals surface area contributed by atoms with Crippen molar-refractivity contribution in [2.24, 2.45) is 0 Å². The van der Waals surface area contributed by atoms with Crippen LogP contribution in [0.5, 0.6) is 0 Å². The highest BCUT2D eigenvalue weighted by Gasteiger charge is 2.24. The predicted octanol–water partition coefficient (Wildman–Crippen LogP) is 2.23. The van der Waals surface area contributed by atoms with Crippen LogP contribution >= 0.6 is 0 Å². The van der Waals surface area contributed by atoms with E-state index in [0.29, 0.717) is 11.8 Å². The number of aryl methyl sites for hydroxylation is 2. The molecule has 1 fully saturated rings. The summed E-state index contributed by atoms with van der Waals surface area (Å²) in [4.78, 5) is 18.0. The number of hydrogen-bond acceptors (Lipinski definition) is 7. The average molecular weight is 369 g/mol. The second-order valence-electron chi connectivity index (χ2n) is 6.80. The Balaban J connectivity index is 1.70. The van der Waals surface area contributed by atoms with E-state index in [0.717, 1.165) is 54.8 Å². The summed E-state index contributed by atoms with van der Waals surface area (Å²) in [5.41, 5.74) is 2.50. The SMILES string of the molecule is CCn1ncc2c(NC3CCN(C(C)=O)CC3)c(-c3nnc(C)o3)cnc21. The molecule has 1 aliphatic heterocycles. The number of piperidine rings is 1. The van der Waals surface area contributed by atoms with Crippen LogP contribution in [0.25, 0.3) is 22.5 Å². The molecule has 4 rings (SSSR count). The van der Waals surface area contributed by atoms with E-state index in [1.165, 1.54) is 0 Å². The lowest BCUT2D eigenvalue weighted by molar-refractivity contribution is -0.129. The second-order valence-corrected chi connectivity index (χ2v) is 6.80. The van der Waals surface area contributed by atoms with Crippen molar-refractivity contribution in [3.05, 3.63) is 18.3 Å². The molecule has 3 aromatic heterocycles. The summed E-state index contributed by atoms with van der Waals surface area (Å²) in [6.45, 7) is 7.67. The van der Waals surface area contributed by atoms with Gasteiger partial charge in [-0.3, -0.25) is 4.79 Å². The Morgan fingerprint density at radius 1 is 1.30 bits per heavy atom. The number of carbonyl (C=O) groups excluding carboxylic acids is 1. The molecule has 27 heavy (non-hydrogen) atoms. The summed E-state index contributed by atoms with van der Waals surface area (Å²) >= 11 is 0. The van der Waals surface area contributed by atoms with Gasteiger partial charge < -0.3 is 14.6 Å². The highest BCUT2D eigenvalue weighted by Crippen LogP contribution is 2.34. The summed E-state index contributed by atoms with van der Waals surface area (Å²) in [6, 6.07) is 0.249. The first kappa shape index (κ1) is 17.4. The van der Waals surface area contributed by atoms with Gasteiger partial charge in [-0.25, -0.2) is 9.67 Å². The molecule has 1 N–H and O–H groups in total. The number of carbonyl (C=O) groups is 1. The van der Waals surface area contributed by atoms with E-state index in [1.54, 1.807) is 20.0 Å². The highest BCUT2D eigenvalue weighted by atomic mass is 16.4. The van der Waals surface area contributed by atoms with Crippen molar-refractivity contribution >= 4 is 22.6 Å². The molecular weight excluding hydrogens is 346 g/mol. The lowest BCUT2D eigenvalue weighted by Gasteiger charge is -2.32. The second kappa shape index (κ2) is 6.98. The number of likely N-dealkylation sites (tertiary alicyclic amines) is 1. The Bertz CT molecular complexity index is 969. The number of pyridine rings is 1. The Morgan fingerprint density at radius 3 is 2.70 bits per heavy atom. The number of anilines is 1. The van der Waals surface area contributed by atoms with Crippen LogP contribution in [0.4, 0.5) is 5.69 Å².